The number of furan rings is 1. The first-order chi connectivity index (χ1) is 8.80. The summed E-state index contributed by atoms with van der Waals surface area (Å²) in [6, 6.07) is 3.07. The van der Waals surface area contributed by atoms with Gasteiger partial charge in [0.25, 0.3) is 10.0 Å². The second kappa shape index (κ2) is 6.51. The highest BCUT2D eigenvalue weighted by molar-refractivity contribution is 7.89. The summed E-state index contributed by atoms with van der Waals surface area (Å²) in [6.45, 7) is 4.53. The van der Waals surface area contributed by atoms with Crippen LogP contribution in [0.5, 0.6) is 0 Å². The first kappa shape index (κ1) is 16.2. The molecule has 0 unspecified atom stereocenters. The average molecular weight is 290 g/mol. The molecule has 0 fully saturated rings. The first-order valence-corrected chi connectivity index (χ1v) is 7.63. The van der Waals surface area contributed by atoms with Crippen LogP contribution in [0.2, 0.25) is 0 Å². The van der Waals surface area contributed by atoms with Crippen molar-refractivity contribution in [3.8, 4) is 0 Å². The molecule has 1 rings (SSSR count). The standard InChI is InChI=1S/C12H22N2O4S/c1-12(2,6-7-15)9-14-19(16,17)11-5-4-10(18-11)8-13-3/h4-5,13-15H,6-9H2,1-3H3. The van der Waals surface area contributed by atoms with Crippen LogP contribution >= 0.6 is 0 Å². The van der Waals surface area contributed by atoms with E-state index < -0.39 is 10.0 Å². The maximum Gasteiger partial charge on any atom is 0.273 e. The van der Waals surface area contributed by atoms with Crippen molar-refractivity contribution in [2.24, 2.45) is 5.41 Å². The molecule has 1 aromatic heterocycles. The van der Waals surface area contributed by atoms with Gasteiger partial charge in [0.05, 0.1) is 6.54 Å². The molecule has 1 heterocycles. The fourth-order valence-electron chi connectivity index (χ4n) is 1.52. The van der Waals surface area contributed by atoms with Crippen LogP contribution in [0.15, 0.2) is 21.6 Å². The maximum absolute atomic E-state index is 12.0. The molecule has 0 saturated heterocycles. The normalized spacial score (nSPS) is 12.8. The van der Waals surface area contributed by atoms with E-state index >= 15 is 0 Å². The minimum atomic E-state index is -3.64. The second-order valence-corrected chi connectivity index (χ2v) is 6.91. The Hall–Kier alpha value is -0.890. The van der Waals surface area contributed by atoms with E-state index in [1.165, 1.54) is 6.07 Å². The smallest absolute Gasteiger partial charge is 0.273 e. The molecule has 7 heteroatoms. The van der Waals surface area contributed by atoms with Gasteiger partial charge in [0, 0.05) is 13.2 Å². The lowest BCUT2D eigenvalue weighted by atomic mass is 9.90. The van der Waals surface area contributed by atoms with Crippen molar-refractivity contribution in [2.75, 3.05) is 20.2 Å². The molecule has 0 radical (unpaired) electrons. The van der Waals surface area contributed by atoms with Crippen LogP contribution < -0.4 is 10.0 Å². The van der Waals surface area contributed by atoms with Crippen molar-refractivity contribution in [2.45, 2.75) is 31.9 Å². The quantitative estimate of drug-likeness (QED) is 0.655. The molecule has 0 amide bonds. The molecule has 0 atom stereocenters. The summed E-state index contributed by atoms with van der Waals surface area (Å²) in [5, 5.41) is 11.7. The van der Waals surface area contributed by atoms with E-state index in [0.29, 0.717) is 18.7 Å². The minimum Gasteiger partial charge on any atom is -0.447 e. The summed E-state index contributed by atoms with van der Waals surface area (Å²) in [6.07, 6.45) is 0.526. The van der Waals surface area contributed by atoms with Gasteiger partial charge in [-0.2, -0.15) is 0 Å². The Balaban J connectivity index is 2.70. The molecule has 1 aromatic rings. The SMILES string of the molecule is CNCc1ccc(S(=O)(=O)NCC(C)(C)CCO)o1. The van der Waals surface area contributed by atoms with E-state index in [1.54, 1.807) is 13.1 Å². The zero-order chi connectivity index (χ0) is 14.5. The highest BCUT2D eigenvalue weighted by Gasteiger charge is 2.24. The number of hydrogen-bond donors (Lipinski definition) is 3. The number of sulfonamides is 1. The highest BCUT2D eigenvalue weighted by Crippen LogP contribution is 2.20. The number of aliphatic hydroxyl groups is 1. The van der Waals surface area contributed by atoms with E-state index in [0.717, 1.165) is 0 Å². The van der Waals surface area contributed by atoms with Crippen LogP contribution in [0.1, 0.15) is 26.0 Å². The molecule has 3 N–H and O–H groups in total. The molecule has 0 saturated carbocycles. The molecule has 0 aliphatic heterocycles. The topological polar surface area (TPSA) is 91.6 Å². The Morgan fingerprint density at radius 2 is 2.05 bits per heavy atom. The predicted octanol–water partition coefficient (Wildman–Crippen LogP) is 0.686. The van der Waals surface area contributed by atoms with Crippen LogP contribution in [-0.4, -0.2) is 33.7 Å². The van der Waals surface area contributed by atoms with Crippen molar-refractivity contribution in [1.29, 1.82) is 0 Å². The molecule has 0 aromatic carbocycles. The average Bonchev–Trinajstić information content (AvgIpc) is 2.77. The van der Waals surface area contributed by atoms with Crippen LogP contribution in [0.25, 0.3) is 0 Å². The van der Waals surface area contributed by atoms with Gasteiger partial charge in [0.1, 0.15) is 5.76 Å². The Morgan fingerprint density at radius 1 is 1.37 bits per heavy atom. The summed E-state index contributed by atoms with van der Waals surface area (Å²) in [4.78, 5) is 0. The highest BCUT2D eigenvalue weighted by atomic mass is 32.2. The third kappa shape index (κ3) is 4.94. The molecule has 0 bridgehead atoms. The van der Waals surface area contributed by atoms with Crippen molar-refractivity contribution >= 4 is 10.0 Å². The van der Waals surface area contributed by atoms with Gasteiger partial charge < -0.3 is 14.8 Å². The zero-order valence-corrected chi connectivity index (χ0v) is 12.4. The first-order valence-electron chi connectivity index (χ1n) is 6.14. The van der Waals surface area contributed by atoms with E-state index in [9.17, 15) is 8.42 Å². The van der Waals surface area contributed by atoms with Crippen LogP contribution in [0, 0.1) is 5.41 Å². The van der Waals surface area contributed by atoms with Gasteiger partial charge in [-0.25, -0.2) is 13.1 Å². The van der Waals surface area contributed by atoms with Gasteiger partial charge in [-0.05, 0) is 31.0 Å². The third-order valence-corrected chi connectivity index (χ3v) is 4.06. The molecular formula is C12H22N2O4S. The Kier molecular flexibility index (Phi) is 5.54. The van der Waals surface area contributed by atoms with Crippen LogP contribution in [0.4, 0.5) is 0 Å². The van der Waals surface area contributed by atoms with E-state index in [4.69, 9.17) is 9.52 Å². The fraction of sp³-hybridized carbons (Fsp3) is 0.667. The lowest BCUT2D eigenvalue weighted by molar-refractivity contribution is 0.213. The maximum atomic E-state index is 12.0. The van der Waals surface area contributed by atoms with Gasteiger partial charge >= 0.3 is 0 Å². The molecule has 6 nitrogen and oxygen atoms in total. The molecule has 0 aliphatic rings. The predicted molar refractivity (Wildman–Crippen MR) is 72.1 cm³/mol. The van der Waals surface area contributed by atoms with Gasteiger partial charge in [-0.3, -0.25) is 0 Å². The van der Waals surface area contributed by atoms with Gasteiger partial charge in [-0.15, -0.1) is 0 Å². The summed E-state index contributed by atoms with van der Waals surface area (Å²) >= 11 is 0. The minimum absolute atomic E-state index is 0.0296. The lowest BCUT2D eigenvalue weighted by Crippen LogP contribution is -2.34. The van der Waals surface area contributed by atoms with Crippen molar-refractivity contribution in [3.63, 3.8) is 0 Å². The van der Waals surface area contributed by atoms with E-state index in [-0.39, 0.29) is 23.7 Å². The third-order valence-electron chi connectivity index (χ3n) is 2.78. The fourth-order valence-corrected chi connectivity index (χ4v) is 2.71. The Bertz CT molecular complexity index is 494. The molecule has 0 aliphatic carbocycles. The van der Waals surface area contributed by atoms with Crippen molar-refractivity contribution in [3.05, 3.63) is 17.9 Å². The number of nitrogens with one attached hydrogen (secondary N) is 2. The van der Waals surface area contributed by atoms with Crippen LogP contribution in [0.3, 0.4) is 0 Å². The van der Waals surface area contributed by atoms with E-state index in [2.05, 4.69) is 10.0 Å². The monoisotopic (exact) mass is 290 g/mol. The molecule has 19 heavy (non-hydrogen) atoms. The van der Waals surface area contributed by atoms with Crippen molar-refractivity contribution in [1.82, 2.24) is 10.0 Å². The van der Waals surface area contributed by atoms with Crippen LogP contribution in [-0.2, 0) is 16.6 Å². The summed E-state index contributed by atoms with van der Waals surface area (Å²) in [5.41, 5.74) is -0.303. The lowest BCUT2D eigenvalue weighted by Gasteiger charge is -2.23. The van der Waals surface area contributed by atoms with Crippen molar-refractivity contribution < 1.29 is 17.9 Å². The molecular weight excluding hydrogens is 268 g/mol. The summed E-state index contributed by atoms with van der Waals surface area (Å²) < 4.78 is 31.8. The largest absolute Gasteiger partial charge is 0.447 e. The second-order valence-electron chi connectivity index (χ2n) is 5.21. The molecule has 0 spiro atoms. The van der Waals surface area contributed by atoms with Gasteiger partial charge in [-0.1, -0.05) is 13.8 Å². The Labute approximate surface area is 114 Å². The van der Waals surface area contributed by atoms with E-state index in [1.807, 2.05) is 13.8 Å². The summed E-state index contributed by atoms with van der Waals surface area (Å²) in [5.74, 6) is 0.567. The number of hydrogen-bond acceptors (Lipinski definition) is 5. The van der Waals surface area contributed by atoms with Gasteiger partial charge in [0.2, 0.25) is 5.09 Å². The zero-order valence-electron chi connectivity index (χ0n) is 11.6. The summed E-state index contributed by atoms with van der Waals surface area (Å²) in [7, 11) is -1.88. The molecule has 110 valence electrons. The van der Waals surface area contributed by atoms with Gasteiger partial charge in [0.15, 0.2) is 0 Å². The number of rotatable bonds is 8. The Morgan fingerprint density at radius 3 is 2.63 bits per heavy atom. The number of aliphatic hydroxyl groups excluding tert-OH is 1.